The number of nitro groups is 1. The Morgan fingerprint density at radius 1 is 1.50 bits per heavy atom. The number of amides is 1. The first-order valence-corrected chi connectivity index (χ1v) is 5.71. The minimum atomic E-state index is -0.556. The average Bonchev–Trinajstić information content (AvgIpc) is 2.71. The lowest BCUT2D eigenvalue weighted by Gasteiger charge is -2.01. The van der Waals surface area contributed by atoms with Crippen molar-refractivity contribution in [3.05, 3.63) is 50.2 Å². The number of carbonyl (C=O) groups excluding carboxylic acids is 1. The van der Waals surface area contributed by atoms with Crippen LogP contribution in [0.3, 0.4) is 0 Å². The Kier molecular flexibility index (Phi) is 3.15. The molecule has 0 saturated heterocycles. The van der Waals surface area contributed by atoms with Gasteiger partial charge in [-0.05, 0) is 12.1 Å². The van der Waals surface area contributed by atoms with Gasteiger partial charge < -0.3 is 10.7 Å². The maximum absolute atomic E-state index is 11.3. The largest absolute Gasteiger partial charge is 0.366 e. The zero-order chi connectivity index (χ0) is 13.3. The molecule has 1 aromatic heterocycles. The first-order valence-electron chi connectivity index (χ1n) is 4.92. The molecule has 92 valence electrons. The number of hydrogen-bond donors (Lipinski definition) is 2. The van der Waals surface area contributed by atoms with Crippen LogP contribution in [0.4, 0.5) is 0 Å². The van der Waals surface area contributed by atoms with Crippen LogP contribution in [0, 0.1) is 10.1 Å². The molecule has 0 radical (unpaired) electrons. The molecular formula is C11H8BrN3O3. The standard InChI is InChI=1S/C11H8BrN3O3/c12-8-2-1-7(11(13)16)10-9(8)6(5-14-10)3-4-15(17)18/h1-5,14H,(H2,13,16)/b4-3+. The number of nitrogens with zero attached hydrogens (tertiary/aromatic N) is 1. The van der Waals surface area contributed by atoms with Crippen LogP contribution in [-0.4, -0.2) is 15.8 Å². The molecule has 1 heterocycles. The summed E-state index contributed by atoms with van der Waals surface area (Å²) in [5.41, 5.74) is 6.77. The molecule has 1 amide bonds. The van der Waals surface area contributed by atoms with Crippen molar-refractivity contribution in [1.29, 1.82) is 0 Å². The van der Waals surface area contributed by atoms with Gasteiger partial charge in [-0.1, -0.05) is 15.9 Å². The molecule has 0 aliphatic carbocycles. The van der Waals surface area contributed by atoms with Crippen LogP contribution in [-0.2, 0) is 0 Å². The van der Waals surface area contributed by atoms with Crippen molar-refractivity contribution in [3.8, 4) is 0 Å². The van der Waals surface area contributed by atoms with Gasteiger partial charge in [-0.25, -0.2) is 0 Å². The summed E-state index contributed by atoms with van der Waals surface area (Å²) in [6.45, 7) is 0. The second kappa shape index (κ2) is 4.61. The van der Waals surface area contributed by atoms with Crippen molar-refractivity contribution in [2.24, 2.45) is 5.73 Å². The molecule has 0 bridgehead atoms. The van der Waals surface area contributed by atoms with E-state index in [0.717, 1.165) is 10.7 Å². The number of H-pyrrole nitrogens is 1. The van der Waals surface area contributed by atoms with Gasteiger partial charge in [-0.3, -0.25) is 14.9 Å². The second-order valence-electron chi connectivity index (χ2n) is 3.55. The van der Waals surface area contributed by atoms with Gasteiger partial charge in [0.25, 0.3) is 5.91 Å². The van der Waals surface area contributed by atoms with E-state index in [9.17, 15) is 14.9 Å². The highest BCUT2D eigenvalue weighted by atomic mass is 79.9. The summed E-state index contributed by atoms with van der Waals surface area (Å²) in [7, 11) is 0. The van der Waals surface area contributed by atoms with Crippen LogP contribution in [0.15, 0.2) is 29.0 Å². The van der Waals surface area contributed by atoms with E-state index < -0.39 is 10.8 Å². The Morgan fingerprint density at radius 2 is 2.22 bits per heavy atom. The number of fused-ring (bicyclic) bond motifs is 1. The third-order valence-electron chi connectivity index (χ3n) is 2.46. The molecule has 0 aliphatic rings. The molecule has 2 rings (SSSR count). The lowest BCUT2D eigenvalue weighted by atomic mass is 10.1. The lowest BCUT2D eigenvalue weighted by Crippen LogP contribution is -2.11. The Hall–Kier alpha value is -2.15. The van der Waals surface area contributed by atoms with Gasteiger partial charge in [0, 0.05) is 27.7 Å². The Balaban J connectivity index is 2.69. The summed E-state index contributed by atoms with van der Waals surface area (Å²) < 4.78 is 0.728. The fraction of sp³-hybridized carbons (Fsp3) is 0. The molecule has 0 fully saturated rings. The van der Waals surface area contributed by atoms with E-state index in [2.05, 4.69) is 20.9 Å². The Bertz CT molecular complexity index is 675. The highest BCUT2D eigenvalue weighted by Crippen LogP contribution is 2.30. The second-order valence-corrected chi connectivity index (χ2v) is 4.41. The quantitative estimate of drug-likeness (QED) is 0.671. The number of carbonyl (C=O) groups is 1. The SMILES string of the molecule is NC(=O)c1ccc(Br)c2c(/C=C/[N+](=O)[O-])c[nH]c12. The predicted molar refractivity (Wildman–Crippen MR) is 70.5 cm³/mol. The van der Waals surface area contributed by atoms with E-state index >= 15 is 0 Å². The van der Waals surface area contributed by atoms with E-state index in [-0.39, 0.29) is 0 Å². The minimum absolute atomic E-state index is 0.342. The molecule has 0 saturated carbocycles. The van der Waals surface area contributed by atoms with Crippen molar-refractivity contribution in [2.45, 2.75) is 0 Å². The number of hydrogen-bond acceptors (Lipinski definition) is 3. The summed E-state index contributed by atoms with van der Waals surface area (Å²) in [5.74, 6) is -0.556. The van der Waals surface area contributed by atoms with Crippen LogP contribution in [0.25, 0.3) is 17.0 Å². The molecule has 18 heavy (non-hydrogen) atoms. The Labute approximate surface area is 110 Å². The van der Waals surface area contributed by atoms with Crippen molar-refractivity contribution < 1.29 is 9.72 Å². The van der Waals surface area contributed by atoms with Crippen molar-refractivity contribution in [2.75, 3.05) is 0 Å². The third-order valence-corrected chi connectivity index (χ3v) is 3.12. The van der Waals surface area contributed by atoms with E-state index in [1.165, 1.54) is 6.08 Å². The fourth-order valence-corrected chi connectivity index (χ4v) is 2.27. The molecule has 2 aromatic rings. The number of aromatic amines is 1. The Morgan fingerprint density at radius 3 is 2.83 bits per heavy atom. The number of aromatic nitrogens is 1. The van der Waals surface area contributed by atoms with Crippen LogP contribution >= 0.6 is 15.9 Å². The van der Waals surface area contributed by atoms with E-state index in [4.69, 9.17) is 5.73 Å². The number of benzene rings is 1. The number of primary amides is 1. The topological polar surface area (TPSA) is 102 Å². The smallest absolute Gasteiger partial charge is 0.250 e. The molecule has 1 aromatic carbocycles. The molecule has 0 aliphatic heterocycles. The van der Waals surface area contributed by atoms with Gasteiger partial charge in [-0.2, -0.15) is 0 Å². The minimum Gasteiger partial charge on any atom is -0.366 e. The normalized spacial score (nSPS) is 11.2. The summed E-state index contributed by atoms with van der Waals surface area (Å²) in [4.78, 5) is 23.9. The van der Waals surface area contributed by atoms with Gasteiger partial charge in [0.1, 0.15) is 0 Å². The number of nitrogens with one attached hydrogen (secondary N) is 1. The van der Waals surface area contributed by atoms with Gasteiger partial charge >= 0.3 is 0 Å². The maximum Gasteiger partial charge on any atom is 0.250 e. The monoisotopic (exact) mass is 309 g/mol. The number of rotatable bonds is 3. The van der Waals surface area contributed by atoms with E-state index in [1.54, 1.807) is 18.3 Å². The van der Waals surface area contributed by atoms with E-state index in [1.807, 2.05) is 0 Å². The summed E-state index contributed by atoms with van der Waals surface area (Å²) in [6.07, 6.45) is 3.78. The highest BCUT2D eigenvalue weighted by Gasteiger charge is 2.13. The van der Waals surface area contributed by atoms with Crippen LogP contribution in [0.1, 0.15) is 15.9 Å². The van der Waals surface area contributed by atoms with Crippen molar-refractivity contribution >= 4 is 38.8 Å². The average molecular weight is 310 g/mol. The molecule has 0 spiro atoms. The lowest BCUT2D eigenvalue weighted by molar-refractivity contribution is -0.400. The highest BCUT2D eigenvalue weighted by molar-refractivity contribution is 9.10. The van der Waals surface area contributed by atoms with Crippen LogP contribution in [0.2, 0.25) is 0 Å². The summed E-state index contributed by atoms with van der Waals surface area (Å²) >= 11 is 3.34. The number of halogens is 1. The maximum atomic E-state index is 11.3. The molecular weight excluding hydrogens is 302 g/mol. The zero-order valence-corrected chi connectivity index (χ0v) is 10.6. The van der Waals surface area contributed by atoms with Crippen LogP contribution in [0.5, 0.6) is 0 Å². The fourth-order valence-electron chi connectivity index (χ4n) is 1.71. The first-order chi connectivity index (χ1) is 8.50. The van der Waals surface area contributed by atoms with Crippen molar-refractivity contribution in [1.82, 2.24) is 4.98 Å². The molecule has 0 unspecified atom stereocenters. The first kappa shape index (κ1) is 12.3. The predicted octanol–water partition coefficient (Wildman–Crippen LogP) is 2.28. The van der Waals surface area contributed by atoms with Gasteiger partial charge in [0.2, 0.25) is 6.20 Å². The van der Waals surface area contributed by atoms with Gasteiger partial charge in [-0.15, -0.1) is 0 Å². The number of nitrogens with two attached hydrogens (primary N) is 1. The van der Waals surface area contributed by atoms with Gasteiger partial charge in [0.15, 0.2) is 0 Å². The molecule has 0 atom stereocenters. The summed E-state index contributed by atoms with van der Waals surface area (Å²) in [6, 6.07) is 3.27. The molecule has 3 N–H and O–H groups in total. The summed E-state index contributed by atoms with van der Waals surface area (Å²) in [5, 5.41) is 11.0. The third kappa shape index (κ3) is 2.12. The van der Waals surface area contributed by atoms with Crippen molar-refractivity contribution in [3.63, 3.8) is 0 Å². The van der Waals surface area contributed by atoms with Crippen LogP contribution < -0.4 is 5.73 Å². The van der Waals surface area contributed by atoms with E-state index in [0.29, 0.717) is 22.0 Å². The van der Waals surface area contributed by atoms with Gasteiger partial charge in [0.05, 0.1) is 16.0 Å². The zero-order valence-electron chi connectivity index (χ0n) is 9.01. The molecule has 6 nitrogen and oxygen atoms in total. The molecule has 7 heteroatoms.